The predicted octanol–water partition coefficient (Wildman–Crippen LogP) is 4.51. The lowest BCUT2D eigenvalue weighted by Crippen LogP contribution is -2.27. The molecule has 0 saturated carbocycles. The minimum absolute atomic E-state index is 0.337. The molecule has 29 heavy (non-hydrogen) atoms. The van der Waals surface area contributed by atoms with Gasteiger partial charge in [0.25, 0.3) is 0 Å². The van der Waals surface area contributed by atoms with Crippen LogP contribution in [0.2, 0.25) is 10.0 Å². The van der Waals surface area contributed by atoms with Crippen LogP contribution in [-0.2, 0) is 11.3 Å². The lowest BCUT2D eigenvalue weighted by atomic mass is 10.3. The number of rotatable bonds is 9. The minimum Gasteiger partial charge on any atom is -0.374 e. The van der Waals surface area contributed by atoms with Crippen LogP contribution in [0.3, 0.4) is 0 Å². The topological polar surface area (TPSA) is 78.5 Å². The number of aromatic nitrogens is 3. The Morgan fingerprint density at radius 2 is 2.00 bits per heavy atom. The van der Waals surface area contributed by atoms with Gasteiger partial charge in [0.2, 0.25) is 0 Å². The average molecular weight is 433 g/mol. The smallest absolute Gasteiger partial charge is 0.175 e. The van der Waals surface area contributed by atoms with Gasteiger partial charge in [-0.05, 0) is 31.3 Å². The quantitative estimate of drug-likeness (QED) is 0.501. The van der Waals surface area contributed by atoms with Gasteiger partial charge in [-0.3, -0.25) is 0 Å². The summed E-state index contributed by atoms with van der Waals surface area (Å²) in [4.78, 5) is 6.84. The van der Waals surface area contributed by atoms with Crippen molar-refractivity contribution in [3.8, 4) is 6.07 Å². The fraction of sp³-hybridized carbons (Fsp3) is 0.350. The summed E-state index contributed by atoms with van der Waals surface area (Å²) in [6.45, 7) is 8.04. The zero-order valence-electron chi connectivity index (χ0n) is 16.3. The first-order chi connectivity index (χ1) is 14.0. The van der Waals surface area contributed by atoms with Crippen molar-refractivity contribution in [2.24, 2.45) is 0 Å². The van der Waals surface area contributed by atoms with Gasteiger partial charge in [0.15, 0.2) is 5.65 Å². The minimum atomic E-state index is 0.337. The molecule has 0 atom stereocenters. The van der Waals surface area contributed by atoms with Crippen molar-refractivity contribution in [2.75, 3.05) is 31.6 Å². The summed E-state index contributed by atoms with van der Waals surface area (Å²) in [5.74, 6) is 0.650. The van der Waals surface area contributed by atoms with Crippen molar-refractivity contribution in [2.45, 2.75) is 20.5 Å². The Kier molecular flexibility index (Phi) is 7.29. The molecule has 2 aromatic heterocycles. The third-order valence-corrected chi connectivity index (χ3v) is 5.27. The molecule has 0 spiro atoms. The number of fused-ring (bicyclic) bond motifs is 1. The Labute approximate surface area is 179 Å². The van der Waals surface area contributed by atoms with Gasteiger partial charge in [-0.1, -0.05) is 37.0 Å². The SMILES string of the molecule is CCN(CC)CCOCc1cc(Nc2ccc(Cl)c(Cl)c2)n2ncc(C#N)c2n1. The molecular formula is C20H22Cl2N6O. The highest BCUT2D eigenvalue weighted by Gasteiger charge is 2.13. The van der Waals surface area contributed by atoms with E-state index in [1.807, 2.05) is 12.1 Å². The Bertz CT molecular complexity index is 1030. The largest absolute Gasteiger partial charge is 0.374 e. The fourth-order valence-electron chi connectivity index (χ4n) is 2.89. The molecule has 0 fully saturated rings. The number of anilines is 2. The van der Waals surface area contributed by atoms with Crippen molar-refractivity contribution in [3.63, 3.8) is 0 Å². The first-order valence-corrected chi connectivity index (χ1v) is 10.1. The summed E-state index contributed by atoms with van der Waals surface area (Å²) in [7, 11) is 0. The van der Waals surface area contributed by atoms with Crippen LogP contribution in [-0.4, -0.2) is 45.7 Å². The van der Waals surface area contributed by atoms with Crippen LogP contribution in [0.15, 0.2) is 30.5 Å². The molecule has 152 valence electrons. The van der Waals surface area contributed by atoms with Crippen molar-refractivity contribution < 1.29 is 4.74 Å². The van der Waals surface area contributed by atoms with Crippen LogP contribution in [0.4, 0.5) is 11.5 Å². The number of ether oxygens (including phenoxy) is 1. The fourth-order valence-corrected chi connectivity index (χ4v) is 3.19. The van der Waals surface area contributed by atoms with E-state index < -0.39 is 0 Å². The van der Waals surface area contributed by atoms with Crippen molar-refractivity contribution in [1.82, 2.24) is 19.5 Å². The maximum atomic E-state index is 9.36. The molecule has 0 unspecified atom stereocenters. The van der Waals surface area contributed by atoms with Gasteiger partial charge in [0.05, 0.1) is 35.1 Å². The van der Waals surface area contributed by atoms with Gasteiger partial charge in [0.1, 0.15) is 17.5 Å². The van der Waals surface area contributed by atoms with Crippen LogP contribution in [0.5, 0.6) is 0 Å². The monoisotopic (exact) mass is 432 g/mol. The Morgan fingerprint density at radius 3 is 2.69 bits per heavy atom. The van der Waals surface area contributed by atoms with Gasteiger partial charge in [-0.15, -0.1) is 0 Å². The van der Waals surface area contributed by atoms with E-state index in [0.717, 1.165) is 25.3 Å². The van der Waals surface area contributed by atoms with E-state index in [-0.39, 0.29) is 0 Å². The highest BCUT2D eigenvalue weighted by molar-refractivity contribution is 6.42. The molecule has 3 aromatic rings. The molecule has 7 nitrogen and oxygen atoms in total. The van der Waals surface area contributed by atoms with Crippen molar-refractivity contribution >= 4 is 40.4 Å². The van der Waals surface area contributed by atoms with Gasteiger partial charge < -0.3 is 15.0 Å². The molecule has 0 radical (unpaired) electrons. The van der Waals surface area contributed by atoms with Crippen LogP contribution in [0, 0.1) is 11.3 Å². The van der Waals surface area contributed by atoms with E-state index in [9.17, 15) is 5.26 Å². The number of hydrogen-bond acceptors (Lipinski definition) is 6. The second kappa shape index (κ2) is 9.90. The van der Waals surface area contributed by atoms with E-state index in [0.29, 0.717) is 46.0 Å². The summed E-state index contributed by atoms with van der Waals surface area (Å²) in [5.41, 5.74) is 2.32. The number of nitrogens with zero attached hydrogens (tertiary/aromatic N) is 5. The third kappa shape index (κ3) is 5.17. The lowest BCUT2D eigenvalue weighted by Gasteiger charge is -2.17. The molecule has 1 N–H and O–H groups in total. The first kappa shape index (κ1) is 21.3. The Hall–Kier alpha value is -2.37. The average Bonchev–Trinajstić information content (AvgIpc) is 3.14. The molecule has 0 bridgehead atoms. The molecule has 0 aliphatic rings. The number of likely N-dealkylation sites (N-methyl/N-ethyl adjacent to an activating group) is 1. The van der Waals surface area contributed by atoms with Gasteiger partial charge >= 0.3 is 0 Å². The van der Waals surface area contributed by atoms with E-state index in [1.165, 1.54) is 6.20 Å². The molecule has 0 aliphatic heterocycles. The zero-order valence-corrected chi connectivity index (χ0v) is 17.8. The number of nitriles is 1. The predicted molar refractivity (Wildman–Crippen MR) is 115 cm³/mol. The summed E-state index contributed by atoms with van der Waals surface area (Å²) < 4.78 is 7.39. The third-order valence-electron chi connectivity index (χ3n) is 4.53. The van der Waals surface area contributed by atoms with Crippen molar-refractivity contribution in [1.29, 1.82) is 5.26 Å². The molecule has 1 aromatic carbocycles. The maximum absolute atomic E-state index is 9.36. The lowest BCUT2D eigenvalue weighted by molar-refractivity contribution is 0.0937. The maximum Gasteiger partial charge on any atom is 0.175 e. The standard InChI is InChI=1S/C20H22Cl2N6O/c1-3-27(4-2)7-8-29-13-16-10-19(25-15-5-6-17(21)18(22)9-15)28-20(26-16)14(11-23)12-24-28/h5-6,9-10,12,25H,3-4,7-8,13H2,1-2H3. The van der Waals surface area contributed by atoms with E-state index in [4.69, 9.17) is 27.9 Å². The molecule has 0 aliphatic carbocycles. The molecule has 9 heteroatoms. The number of benzene rings is 1. The van der Waals surface area contributed by atoms with Crippen LogP contribution in [0.25, 0.3) is 5.65 Å². The molecule has 2 heterocycles. The second-order valence-electron chi connectivity index (χ2n) is 6.37. The van der Waals surface area contributed by atoms with Crippen LogP contribution < -0.4 is 5.32 Å². The zero-order chi connectivity index (χ0) is 20.8. The van der Waals surface area contributed by atoms with Crippen molar-refractivity contribution in [3.05, 3.63) is 51.8 Å². The van der Waals surface area contributed by atoms with E-state index >= 15 is 0 Å². The van der Waals surface area contributed by atoms with E-state index in [1.54, 1.807) is 16.6 Å². The number of hydrogen-bond donors (Lipinski definition) is 1. The first-order valence-electron chi connectivity index (χ1n) is 9.35. The highest BCUT2D eigenvalue weighted by Crippen LogP contribution is 2.27. The molecule has 0 saturated heterocycles. The second-order valence-corrected chi connectivity index (χ2v) is 7.19. The molecular weight excluding hydrogens is 411 g/mol. The van der Waals surface area contributed by atoms with Gasteiger partial charge in [0, 0.05) is 18.3 Å². The summed E-state index contributed by atoms with van der Waals surface area (Å²) in [6.07, 6.45) is 1.49. The number of halogens is 2. The van der Waals surface area contributed by atoms with Crippen LogP contribution in [0.1, 0.15) is 25.1 Å². The Balaban J connectivity index is 1.83. The van der Waals surface area contributed by atoms with Crippen LogP contribution >= 0.6 is 23.2 Å². The summed E-state index contributed by atoms with van der Waals surface area (Å²) >= 11 is 12.1. The molecule has 3 rings (SSSR count). The molecule has 0 amide bonds. The van der Waals surface area contributed by atoms with Gasteiger partial charge in [-0.2, -0.15) is 14.9 Å². The van der Waals surface area contributed by atoms with E-state index in [2.05, 4.69) is 40.2 Å². The van der Waals surface area contributed by atoms with Gasteiger partial charge in [-0.25, -0.2) is 4.98 Å². The summed E-state index contributed by atoms with van der Waals surface area (Å²) in [6, 6.07) is 9.23. The normalized spacial score (nSPS) is 11.2. The number of nitrogens with one attached hydrogen (secondary N) is 1. The summed E-state index contributed by atoms with van der Waals surface area (Å²) in [5, 5.41) is 17.8. The Morgan fingerprint density at radius 1 is 1.21 bits per heavy atom. The highest BCUT2D eigenvalue weighted by atomic mass is 35.5.